The summed E-state index contributed by atoms with van der Waals surface area (Å²) in [5.41, 5.74) is 2.32. The molecule has 0 bridgehead atoms. The molecular weight excluding hydrogens is 312 g/mol. The molecule has 0 amide bonds. The van der Waals surface area contributed by atoms with Crippen LogP contribution < -0.4 is 10.2 Å². The minimum absolute atomic E-state index is 0.547. The molecule has 1 fully saturated rings. The molecule has 1 aromatic rings. The Bertz CT molecular complexity index is 434. The molecule has 1 heterocycles. The van der Waals surface area contributed by atoms with Crippen molar-refractivity contribution in [2.45, 2.75) is 26.8 Å². The first kappa shape index (κ1) is 14.2. The van der Waals surface area contributed by atoms with Gasteiger partial charge in [-0.15, -0.1) is 0 Å². The molecule has 1 unspecified atom stereocenters. The average Bonchev–Trinajstić information content (AvgIpc) is 2.34. The Balaban J connectivity index is 2.23. The molecule has 0 saturated carbocycles. The summed E-state index contributed by atoms with van der Waals surface area (Å²) in [6.45, 7) is 9.65. The highest BCUT2D eigenvalue weighted by atomic mass is 79.9. The lowest BCUT2D eigenvalue weighted by Crippen LogP contribution is -2.53. The molecule has 2 rings (SSSR count). The Hall–Kier alpha value is -0.250. The van der Waals surface area contributed by atoms with Crippen molar-refractivity contribution in [2.24, 2.45) is 5.92 Å². The van der Waals surface area contributed by atoms with Gasteiger partial charge in [0.2, 0.25) is 0 Å². The number of hydrogen-bond donors (Lipinski definition) is 1. The predicted octanol–water partition coefficient (Wildman–Crippen LogP) is 3.85. The molecule has 0 radical (unpaired) electrons. The van der Waals surface area contributed by atoms with Crippen molar-refractivity contribution in [3.8, 4) is 0 Å². The third-order valence-electron chi connectivity index (χ3n) is 3.58. The van der Waals surface area contributed by atoms with Crippen molar-refractivity contribution in [2.75, 3.05) is 24.5 Å². The maximum Gasteiger partial charge on any atom is 0.0526 e. The van der Waals surface area contributed by atoms with Crippen LogP contribution in [0.3, 0.4) is 0 Å². The van der Waals surface area contributed by atoms with Gasteiger partial charge in [0.25, 0.3) is 0 Å². The van der Waals surface area contributed by atoms with Gasteiger partial charge in [-0.2, -0.15) is 0 Å². The number of nitrogens with zero attached hydrogens (tertiary/aromatic N) is 1. The Morgan fingerprint density at radius 1 is 1.44 bits per heavy atom. The van der Waals surface area contributed by atoms with Gasteiger partial charge in [-0.05, 0) is 46.5 Å². The quantitative estimate of drug-likeness (QED) is 0.885. The van der Waals surface area contributed by atoms with Crippen LogP contribution >= 0.6 is 27.5 Å². The van der Waals surface area contributed by atoms with E-state index in [1.54, 1.807) is 0 Å². The number of piperazine rings is 1. The summed E-state index contributed by atoms with van der Waals surface area (Å²) in [7, 11) is 0. The van der Waals surface area contributed by atoms with E-state index in [1.807, 2.05) is 6.92 Å². The van der Waals surface area contributed by atoms with Crippen LogP contribution in [0.4, 0.5) is 5.69 Å². The highest BCUT2D eigenvalue weighted by Gasteiger charge is 2.23. The molecule has 0 spiro atoms. The first-order chi connectivity index (χ1) is 8.49. The van der Waals surface area contributed by atoms with Crippen molar-refractivity contribution in [3.05, 3.63) is 27.2 Å². The molecule has 18 heavy (non-hydrogen) atoms. The summed E-state index contributed by atoms with van der Waals surface area (Å²) < 4.78 is 1.13. The molecule has 1 N–H and O–H groups in total. The summed E-state index contributed by atoms with van der Waals surface area (Å²) in [4.78, 5) is 2.41. The van der Waals surface area contributed by atoms with Crippen molar-refractivity contribution >= 4 is 33.2 Å². The first-order valence-electron chi connectivity index (χ1n) is 6.43. The zero-order valence-corrected chi connectivity index (χ0v) is 13.5. The number of halogens is 2. The van der Waals surface area contributed by atoms with E-state index in [-0.39, 0.29) is 0 Å². The van der Waals surface area contributed by atoms with Crippen LogP contribution in [0.2, 0.25) is 5.02 Å². The number of anilines is 1. The predicted molar refractivity (Wildman–Crippen MR) is 82.7 cm³/mol. The fraction of sp³-hybridized carbons (Fsp3) is 0.571. The van der Waals surface area contributed by atoms with Gasteiger partial charge in [0.05, 0.1) is 5.69 Å². The second kappa shape index (κ2) is 5.81. The second-order valence-electron chi connectivity index (χ2n) is 5.30. The fourth-order valence-electron chi connectivity index (χ4n) is 2.32. The molecule has 1 atom stereocenters. The van der Waals surface area contributed by atoms with Crippen LogP contribution in [0, 0.1) is 12.8 Å². The van der Waals surface area contributed by atoms with Gasteiger partial charge in [0.1, 0.15) is 0 Å². The third kappa shape index (κ3) is 3.01. The van der Waals surface area contributed by atoms with Crippen LogP contribution in [0.5, 0.6) is 0 Å². The topological polar surface area (TPSA) is 15.3 Å². The standard InChI is InChI=1S/C14H20BrClN2/c1-9(2)13-8-18(5-4-17-13)14-7-12(16)10(3)6-11(14)15/h6-7,9,13,17H,4-5,8H2,1-3H3. The number of aryl methyl sites for hydroxylation is 1. The average molecular weight is 332 g/mol. The lowest BCUT2D eigenvalue weighted by atomic mass is 10.0. The summed E-state index contributed by atoms with van der Waals surface area (Å²) in [6, 6.07) is 4.72. The van der Waals surface area contributed by atoms with E-state index in [2.05, 4.69) is 52.1 Å². The molecule has 0 aromatic heterocycles. The van der Waals surface area contributed by atoms with Crippen molar-refractivity contribution < 1.29 is 0 Å². The van der Waals surface area contributed by atoms with E-state index in [9.17, 15) is 0 Å². The lowest BCUT2D eigenvalue weighted by Gasteiger charge is -2.37. The van der Waals surface area contributed by atoms with Gasteiger partial charge in [-0.3, -0.25) is 0 Å². The Kier molecular flexibility index (Phi) is 4.57. The van der Waals surface area contributed by atoms with Gasteiger partial charge in [0.15, 0.2) is 0 Å². The minimum Gasteiger partial charge on any atom is -0.368 e. The van der Waals surface area contributed by atoms with Crippen LogP contribution in [-0.2, 0) is 0 Å². The Labute approximate surface area is 123 Å². The van der Waals surface area contributed by atoms with Crippen molar-refractivity contribution in [1.82, 2.24) is 5.32 Å². The van der Waals surface area contributed by atoms with E-state index in [0.717, 1.165) is 34.7 Å². The maximum atomic E-state index is 6.24. The molecule has 100 valence electrons. The molecule has 0 aliphatic carbocycles. The second-order valence-corrected chi connectivity index (χ2v) is 6.56. The Morgan fingerprint density at radius 3 is 2.83 bits per heavy atom. The number of rotatable bonds is 2. The van der Waals surface area contributed by atoms with Gasteiger partial charge in [-0.25, -0.2) is 0 Å². The van der Waals surface area contributed by atoms with E-state index >= 15 is 0 Å². The monoisotopic (exact) mass is 330 g/mol. The summed E-state index contributed by atoms with van der Waals surface area (Å²) >= 11 is 9.89. The summed E-state index contributed by atoms with van der Waals surface area (Å²) in [5.74, 6) is 0.646. The molecular formula is C14H20BrClN2. The van der Waals surface area contributed by atoms with Gasteiger partial charge < -0.3 is 10.2 Å². The number of nitrogens with one attached hydrogen (secondary N) is 1. The van der Waals surface area contributed by atoms with Gasteiger partial charge >= 0.3 is 0 Å². The van der Waals surface area contributed by atoms with Crippen LogP contribution in [0.25, 0.3) is 0 Å². The normalized spacial score (nSPS) is 20.6. The largest absolute Gasteiger partial charge is 0.368 e. The van der Waals surface area contributed by atoms with Crippen molar-refractivity contribution in [1.29, 1.82) is 0 Å². The maximum absolute atomic E-state index is 6.24. The third-order valence-corrected chi connectivity index (χ3v) is 4.62. The fourth-order valence-corrected chi connectivity index (χ4v) is 3.19. The highest BCUT2D eigenvalue weighted by Crippen LogP contribution is 2.32. The van der Waals surface area contributed by atoms with E-state index in [0.29, 0.717) is 12.0 Å². The molecule has 1 aliphatic rings. The zero-order chi connectivity index (χ0) is 13.3. The molecule has 1 aliphatic heterocycles. The number of hydrogen-bond acceptors (Lipinski definition) is 2. The lowest BCUT2D eigenvalue weighted by molar-refractivity contribution is 0.368. The molecule has 1 aromatic carbocycles. The summed E-state index contributed by atoms with van der Waals surface area (Å²) in [6.07, 6.45) is 0. The van der Waals surface area contributed by atoms with Crippen LogP contribution in [0.1, 0.15) is 19.4 Å². The number of benzene rings is 1. The summed E-state index contributed by atoms with van der Waals surface area (Å²) in [5, 5.41) is 4.41. The first-order valence-corrected chi connectivity index (χ1v) is 7.60. The SMILES string of the molecule is Cc1cc(Br)c(N2CCNC(C(C)C)C2)cc1Cl. The molecule has 2 nitrogen and oxygen atoms in total. The van der Waals surface area contributed by atoms with E-state index < -0.39 is 0 Å². The molecule has 4 heteroatoms. The van der Waals surface area contributed by atoms with Crippen molar-refractivity contribution in [3.63, 3.8) is 0 Å². The highest BCUT2D eigenvalue weighted by molar-refractivity contribution is 9.10. The Morgan fingerprint density at radius 2 is 2.17 bits per heavy atom. The van der Waals surface area contributed by atoms with Crippen LogP contribution in [0.15, 0.2) is 16.6 Å². The van der Waals surface area contributed by atoms with E-state index in [4.69, 9.17) is 11.6 Å². The van der Waals surface area contributed by atoms with Gasteiger partial charge in [0, 0.05) is 35.2 Å². The van der Waals surface area contributed by atoms with Gasteiger partial charge in [-0.1, -0.05) is 25.4 Å². The minimum atomic E-state index is 0.547. The van der Waals surface area contributed by atoms with E-state index in [1.165, 1.54) is 5.69 Å². The smallest absolute Gasteiger partial charge is 0.0526 e. The van der Waals surface area contributed by atoms with Crippen LogP contribution in [-0.4, -0.2) is 25.7 Å². The zero-order valence-electron chi connectivity index (χ0n) is 11.1. The molecule has 1 saturated heterocycles.